The van der Waals surface area contributed by atoms with Crippen LogP contribution in [-0.4, -0.2) is 50.7 Å². The van der Waals surface area contributed by atoms with Gasteiger partial charge in [-0.15, -0.1) is 0 Å². The van der Waals surface area contributed by atoms with Crippen LogP contribution in [0.4, 0.5) is 0 Å². The van der Waals surface area contributed by atoms with E-state index in [1.807, 2.05) is 27.7 Å². The molecule has 0 bridgehead atoms. The number of carbonyl (C=O) groups is 1. The van der Waals surface area contributed by atoms with Gasteiger partial charge in [0, 0.05) is 36.6 Å². The highest BCUT2D eigenvalue weighted by Gasteiger charge is 2.18. The van der Waals surface area contributed by atoms with Crippen molar-refractivity contribution in [3.63, 3.8) is 0 Å². The zero-order chi connectivity index (χ0) is 23.5. The summed E-state index contributed by atoms with van der Waals surface area (Å²) < 4.78 is 12.9. The predicted molar refractivity (Wildman–Crippen MR) is 130 cm³/mol. The Balaban J connectivity index is 1.32. The van der Waals surface area contributed by atoms with Crippen molar-refractivity contribution >= 4 is 28.5 Å². The van der Waals surface area contributed by atoms with Gasteiger partial charge in [0.2, 0.25) is 11.7 Å². The number of imidazole rings is 1. The molecule has 0 saturated carbocycles. The van der Waals surface area contributed by atoms with Gasteiger partial charge in [-0.3, -0.25) is 4.79 Å². The Morgan fingerprint density at radius 2 is 1.94 bits per heavy atom. The maximum absolute atomic E-state index is 12.7. The van der Waals surface area contributed by atoms with E-state index >= 15 is 0 Å². The zero-order valence-electron chi connectivity index (χ0n) is 19.0. The van der Waals surface area contributed by atoms with Gasteiger partial charge in [0.05, 0.1) is 30.0 Å². The molecule has 0 spiro atoms. The van der Waals surface area contributed by atoms with Crippen molar-refractivity contribution in [1.82, 2.24) is 24.6 Å². The van der Waals surface area contributed by atoms with Crippen molar-refractivity contribution in [3.8, 4) is 28.6 Å². The molecule has 176 valence electrons. The number of methoxy groups -OCH3 is 1. The average Bonchev–Trinajstić information content (AvgIpc) is 3.41. The summed E-state index contributed by atoms with van der Waals surface area (Å²) in [4.78, 5) is 23.7. The highest BCUT2D eigenvalue weighted by atomic mass is 35.5. The monoisotopic (exact) mass is 479 g/mol. The molecule has 0 unspecified atom stereocenters. The first kappa shape index (κ1) is 22.4. The molecule has 1 saturated heterocycles. The molecule has 1 amide bonds. The van der Waals surface area contributed by atoms with E-state index < -0.39 is 0 Å². The lowest BCUT2D eigenvalue weighted by molar-refractivity contribution is -0.131. The van der Waals surface area contributed by atoms with Gasteiger partial charge in [0.25, 0.3) is 5.89 Å². The van der Waals surface area contributed by atoms with Crippen molar-refractivity contribution in [2.75, 3.05) is 20.2 Å². The third-order valence-electron chi connectivity index (χ3n) is 6.22. The van der Waals surface area contributed by atoms with Crippen LogP contribution in [0.5, 0.6) is 5.75 Å². The molecule has 1 aliphatic heterocycles. The van der Waals surface area contributed by atoms with Gasteiger partial charge in [-0.25, -0.2) is 4.98 Å². The first-order chi connectivity index (χ1) is 16.6. The molecule has 0 N–H and O–H groups in total. The number of fused-ring (bicyclic) bond motifs is 1. The van der Waals surface area contributed by atoms with Gasteiger partial charge in [-0.05, 0) is 49.2 Å². The minimum Gasteiger partial charge on any atom is -0.496 e. The van der Waals surface area contributed by atoms with Crippen molar-refractivity contribution < 1.29 is 14.1 Å². The van der Waals surface area contributed by atoms with E-state index in [-0.39, 0.29) is 5.91 Å². The lowest BCUT2D eigenvalue weighted by Crippen LogP contribution is -2.32. The van der Waals surface area contributed by atoms with E-state index in [2.05, 4.69) is 15.1 Å². The van der Waals surface area contributed by atoms with Gasteiger partial charge < -0.3 is 18.7 Å². The Morgan fingerprint density at radius 3 is 2.74 bits per heavy atom. The normalized spacial score (nSPS) is 14.4. The second-order valence-electron chi connectivity index (χ2n) is 8.45. The molecular weight excluding hydrogens is 454 g/mol. The van der Waals surface area contributed by atoms with Crippen molar-refractivity contribution in [3.05, 3.63) is 47.7 Å². The van der Waals surface area contributed by atoms with Gasteiger partial charge >= 0.3 is 0 Å². The second kappa shape index (κ2) is 9.85. The number of halogens is 1. The number of hydrogen-bond acceptors (Lipinski definition) is 6. The van der Waals surface area contributed by atoms with E-state index in [1.54, 1.807) is 31.6 Å². The maximum atomic E-state index is 12.7. The van der Waals surface area contributed by atoms with Crippen LogP contribution in [-0.2, 0) is 11.3 Å². The smallest absolute Gasteiger partial charge is 0.262 e. The number of amides is 1. The van der Waals surface area contributed by atoms with E-state index in [9.17, 15) is 4.79 Å². The van der Waals surface area contributed by atoms with Crippen LogP contribution in [0.3, 0.4) is 0 Å². The Morgan fingerprint density at radius 1 is 1.12 bits per heavy atom. The van der Waals surface area contributed by atoms with Crippen LogP contribution in [0.25, 0.3) is 33.9 Å². The molecule has 2 aromatic heterocycles. The summed E-state index contributed by atoms with van der Waals surface area (Å²) in [6.07, 6.45) is 6.89. The van der Waals surface area contributed by atoms with Gasteiger partial charge in [0.15, 0.2) is 0 Å². The molecule has 0 radical (unpaired) electrons. The molecular formula is C25H26ClN5O3. The van der Waals surface area contributed by atoms with Crippen molar-refractivity contribution in [2.45, 2.75) is 38.6 Å². The summed E-state index contributed by atoms with van der Waals surface area (Å²) in [5.74, 6) is 1.59. The molecule has 2 aromatic carbocycles. The maximum Gasteiger partial charge on any atom is 0.262 e. The standard InChI is InChI=1S/C25H26ClN5O3/c1-33-22-15-18(26)7-8-19(22)25-28-24(29-34-25)17-6-9-21-20(14-17)27-16-31(21)13-10-23(32)30-11-4-2-3-5-12-30/h6-9,14-16H,2-5,10-13H2,1H3. The van der Waals surface area contributed by atoms with Gasteiger partial charge in [-0.1, -0.05) is 29.6 Å². The molecule has 4 aromatic rings. The lowest BCUT2D eigenvalue weighted by atomic mass is 10.1. The van der Waals surface area contributed by atoms with Crippen LogP contribution in [0.15, 0.2) is 47.2 Å². The van der Waals surface area contributed by atoms with E-state index in [0.717, 1.165) is 42.5 Å². The second-order valence-corrected chi connectivity index (χ2v) is 8.89. The Kier molecular flexibility index (Phi) is 6.49. The fourth-order valence-electron chi connectivity index (χ4n) is 4.37. The first-order valence-corrected chi connectivity index (χ1v) is 11.9. The van der Waals surface area contributed by atoms with Crippen LogP contribution >= 0.6 is 11.6 Å². The number of rotatable bonds is 6. The molecule has 1 fully saturated rings. The molecule has 3 heterocycles. The highest BCUT2D eigenvalue weighted by Crippen LogP contribution is 2.33. The summed E-state index contributed by atoms with van der Waals surface area (Å²) in [6, 6.07) is 11.1. The van der Waals surface area contributed by atoms with Crippen LogP contribution in [0.2, 0.25) is 5.02 Å². The quantitative estimate of drug-likeness (QED) is 0.377. The van der Waals surface area contributed by atoms with Crippen LogP contribution < -0.4 is 4.74 Å². The van der Waals surface area contributed by atoms with E-state index in [1.165, 1.54) is 12.8 Å². The van der Waals surface area contributed by atoms with Crippen LogP contribution in [0.1, 0.15) is 32.1 Å². The molecule has 9 heteroatoms. The number of hydrogen-bond donors (Lipinski definition) is 0. The van der Waals surface area contributed by atoms with Crippen molar-refractivity contribution in [2.24, 2.45) is 0 Å². The predicted octanol–water partition coefficient (Wildman–Crippen LogP) is 5.21. The number of nitrogens with zero attached hydrogens (tertiary/aromatic N) is 5. The summed E-state index contributed by atoms with van der Waals surface area (Å²) in [7, 11) is 1.57. The molecule has 8 nitrogen and oxygen atoms in total. The summed E-state index contributed by atoms with van der Waals surface area (Å²) >= 11 is 6.05. The largest absolute Gasteiger partial charge is 0.496 e. The topological polar surface area (TPSA) is 86.3 Å². The van der Waals surface area contributed by atoms with E-state index in [0.29, 0.717) is 41.0 Å². The molecule has 0 atom stereocenters. The lowest BCUT2D eigenvalue weighted by Gasteiger charge is -2.20. The Labute approximate surface area is 202 Å². The minimum atomic E-state index is 0.220. The molecule has 1 aliphatic rings. The number of carbonyl (C=O) groups excluding carboxylic acids is 1. The molecule has 34 heavy (non-hydrogen) atoms. The summed E-state index contributed by atoms with van der Waals surface area (Å²) in [5, 5.41) is 4.70. The van der Waals surface area contributed by atoms with Crippen molar-refractivity contribution in [1.29, 1.82) is 0 Å². The highest BCUT2D eigenvalue weighted by molar-refractivity contribution is 6.30. The minimum absolute atomic E-state index is 0.220. The number of aromatic nitrogens is 4. The van der Waals surface area contributed by atoms with Crippen LogP contribution in [0, 0.1) is 0 Å². The summed E-state index contributed by atoms with van der Waals surface area (Å²) in [6.45, 7) is 2.36. The number of aryl methyl sites for hydroxylation is 1. The molecule has 0 aliphatic carbocycles. The fourth-order valence-corrected chi connectivity index (χ4v) is 4.53. The fraction of sp³-hybridized carbons (Fsp3) is 0.360. The first-order valence-electron chi connectivity index (χ1n) is 11.5. The Hall–Kier alpha value is -3.39. The van der Waals surface area contributed by atoms with E-state index in [4.69, 9.17) is 20.9 Å². The third-order valence-corrected chi connectivity index (χ3v) is 6.46. The SMILES string of the molecule is COc1cc(Cl)ccc1-c1nc(-c2ccc3c(c2)ncn3CCC(=O)N2CCCCCC2)no1. The number of benzene rings is 2. The third kappa shape index (κ3) is 4.63. The average molecular weight is 480 g/mol. The zero-order valence-corrected chi connectivity index (χ0v) is 19.8. The number of likely N-dealkylation sites (tertiary alicyclic amines) is 1. The Bertz CT molecular complexity index is 1310. The number of ether oxygens (including phenoxy) is 1. The van der Waals surface area contributed by atoms with Gasteiger partial charge in [0.1, 0.15) is 5.75 Å². The molecule has 5 rings (SSSR count). The van der Waals surface area contributed by atoms with Gasteiger partial charge in [-0.2, -0.15) is 4.98 Å². The summed E-state index contributed by atoms with van der Waals surface area (Å²) in [5.41, 5.74) is 3.25.